The summed E-state index contributed by atoms with van der Waals surface area (Å²) in [6.07, 6.45) is 0. The topological polar surface area (TPSA) is 176 Å². The highest BCUT2D eigenvalue weighted by Crippen LogP contribution is 2.03. The summed E-state index contributed by atoms with van der Waals surface area (Å²) in [5, 5.41) is 40.4. The Morgan fingerprint density at radius 3 is 1.96 bits per heavy atom. The largest absolute Gasteiger partial charge is 0.481 e. The minimum atomic E-state index is -1.31. The van der Waals surface area contributed by atoms with Crippen LogP contribution in [0.15, 0.2) is 0 Å². The summed E-state index contributed by atoms with van der Waals surface area (Å²) in [4.78, 5) is 44.6. The van der Waals surface area contributed by atoms with Gasteiger partial charge in [0.25, 0.3) is 0 Å². The van der Waals surface area contributed by atoms with Crippen molar-refractivity contribution in [3.05, 3.63) is 0 Å². The Hall–Kier alpha value is -2.24. The van der Waals surface area contributed by atoms with Gasteiger partial charge in [-0.15, -0.1) is 0 Å². The summed E-state index contributed by atoms with van der Waals surface area (Å²) in [6.45, 7) is 1.43. The van der Waals surface area contributed by atoms with Gasteiger partial charge in [0.1, 0.15) is 6.04 Å². The van der Waals surface area contributed by atoms with E-state index in [1.54, 1.807) is 0 Å². The Balaban J connectivity index is 4.41. The summed E-state index contributed by atoms with van der Waals surface area (Å²) in [7, 11) is 0. The van der Waals surface area contributed by atoms with Crippen molar-refractivity contribution in [3.63, 3.8) is 0 Å². The third kappa shape index (κ3) is 9.71. The second-order valence-electron chi connectivity index (χ2n) is 5.14. The van der Waals surface area contributed by atoms with Crippen LogP contribution >= 0.6 is 0 Å². The smallest absolute Gasteiger partial charge is 0.321 e. The minimum Gasteiger partial charge on any atom is -0.481 e. The van der Waals surface area contributed by atoms with E-state index >= 15 is 0 Å². The summed E-state index contributed by atoms with van der Waals surface area (Å²) in [5.41, 5.74) is 0. The average molecular weight is 349 g/mol. The van der Waals surface area contributed by atoms with Gasteiger partial charge in [0.15, 0.2) is 0 Å². The van der Waals surface area contributed by atoms with E-state index in [1.165, 1.54) is 11.8 Å². The molecule has 2 unspecified atom stereocenters. The molecule has 6 N–H and O–H groups in total. The number of nitrogens with zero attached hydrogens (tertiary/aromatic N) is 1. The maximum atomic E-state index is 11.1. The van der Waals surface area contributed by atoms with Crippen LogP contribution in [0.3, 0.4) is 0 Å². The molecule has 138 valence electrons. The van der Waals surface area contributed by atoms with Crippen molar-refractivity contribution in [2.45, 2.75) is 13.0 Å². The first-order chi connectivity index (χ1) is 11.1. The molecule has 0 aromatic heterocycles. The lowest BCUT2D eigenvalue weighted by atomic mass is 10.0. The standard InChI is InChI=1S/C13H23N3O8/c1-8(12(21)22)11(13(23)24)15-3-5-16(7-10(19)20)4-2-14-6-9(17)18/h8,11,14-15H,2-7H2,1H3,(H,17,18)(H,19,20)(H,21,22)(H,23,24). The molecule has 11 heteroatoms. The Kier molecular flexibility index (Phi) is 10.3. The van der Waals surface area contributed by atoms with Crippen molar-refractivity contribution in [3.8, 4) is 0 Å². The van der Waals surface area contributed by atoms with Crippen LogP contribution in [0.25, 0.3) is 0 Å². The fourth-order valence-corrected chi connectivity index (χ4v) is 1.89. The molecule has 24 heavy (non-hydrogen) atoms. The van der Waals surface area contributed by atoms with Crippen LogP contribution in [0.2, 0.25) is 0 Å². The SMILES string of the molecule is CC(C(=O)O)C(NCCN(CCNCC(=O)O)CC(=O)O)C(=O)O. The zero-order valence-electron chi connectivity index (χ0n) is 13.3. The maximum Gasteiger partial charge on any atom is 0.321 e. The highest BCUT2D eigenvalue weighted by molar-refractivity contribution is 5.82. The van der Waals surface area contributed by atoms with Crippen LogP contribution < -0.4 is 10.6 Å². The van der Waals surface area contributed by atoms with Gasteiger partial charge >= 0.3 is 23.9 Å². The molecule has 0 heterocycles. The van der Waals surface area contributed by atoms with E-state index in [2.05, 4.69) is 10.6 Å². The van der Waals surface area contributed by atoms with Gasteiger partial charge in [-0.05, 0) is 6.92 Å². The molecular formula is C13H23N3O8. The molecule has 2 atom stereocenters. The molecule has 0 saturated carbocycles. The first kappa shape index (κ1) is 21.8. The zero-order chi connectivity index (χ0) is 18.7. The number of nitrogens with one attached hydrogen (secondary N) is 2. The number of carbonyl (C=O) groups is 4. The first-order valence-electron chi connectivity index (χ1n) is 7.20. The molecule has 11 nitrogen and oxygen atoms in total. The van der Waals surface area contributed by atoms with E-state index in [4.69, 9.17) is 20.4 Å². The van der Waals surface area contributed by atoms with Gasteiger partial charge in [-0.25, -0.2) is 0 Å². The second kappa shape index (κ2) is 11.3. The minimum absolute atomic E-state index is 0.0702. The van der Waals surface area contributed by atoms with E-state index in [1.807, 2.05) is 0 Å². The predicted octanol–water partition coefficient (Wildman–Crippen LogP) is -2.19. The Morgan fingerprint density at radius 2 is 1.50 bits per heavy atom. The number of rotatable bonds is 14. The van der Waals surface area contributed by atoms with Crippen molar-refractivity contribution in [1.82, 2.24) is 15.5 Å². The first-order valence-corrected chi connectivity index (χ1v) is 7.20. The average Bonchev–Trinajstić information content (AvgIpc) is 2.45. The monoisotopic (exact) mass is 349 g/mol. The second-order valence-corrected chi connectivity index (χ2v) is 5.14. The molecule has 0 spiro atoms. The Labute approximate surface area is 138 Å². The Morgan fingerprint density at radius 1 is 0.917 bits per heavy atom. The van der Waals surface area contributed by atoms with E-state index in [0.29, 0.717) is 0 Å². The van der Waals surface area contributed by atoms with E-state index in [0.717, 1.165) is 0 Å². The zero-order valence-corrected chi connectivity index (χ0v) is 13.3. The molecule has 0 amide bonds. The number of hydrogen-bond acceptors (Lipinski definition) is 7. The van der Waals surface area contributed by atoms with Crippen molar-refractivity contribution in [2.75, 3.05) is 39.3 Å². The lowest BCUT2D eigenvalue weighted by Crippen LogP contribution is -2.48. The fraction of sp³-hybridized carbons (Fsp3) is 0.692. The molecule has 0 aromatic rings. The molecule has 0 aliphatic rings. The van der Waals surface area contributed by atoms with Crippen LogP contribution in [0.5, 0.6) is 0 Å². The van der Waals surface area contributed by atoms with Crippen LogP contribution in [0, 0.1) is 5.92 Å². The molecule has 0 radical (unpaired) electrons. The number of carboxylic acids is 4. The van der Waals surface area contributed by atoms with Crippen LogP contribution in [0.1, 0.15) is 6.92 Å². The molecule has 0 rings (SSSR count). The molecule has 0 fully saturated rings. The molecular weight excluding hydrogens is 326 g/mol. The van der Waals surface area contributed by atoms with Gasteiger partial charge in [0.05, 0.1) is 19.0 Å². The summed E-state index contributed by atoms with van der Waals surface area (Å²) in [6, 6.07) is -1.29. The molecule has 0 bridgehead atoms. The normalized spacial score (nSPS) is 13.4. The molecule has 0 saturated heterocycles. The van der Waals surface area contributed by atoms with E-state index in [9.17, 15) is 19.2 Å². The summed E-state index contributed by atoms with van der Waals surface area (Å²) < 4.78 is 0. The van der Waals surface area contributed by atoms with Crippen LogP contribution in [-0.2, 0) is 19.2 Å². The Bertz CT molecular complexity index is 456. The highest BCUT2D eigenvalue weighted by atomic mass is 16.4. The van der Waals surface area contributed by atoms with Gasteiger partial charge in [-0.2, -0.15) is 0 Å². The fourth-order valence-electron chi connectivity index (χ4n) is 1.89. The van der Waals surface area contributed by atoms with Crippen molar-refractivity contribution < 1.29 is 39.6 Å². The summed E-state index contributed by atoms with van der Waals surface area (Å²) >= 11 is 0. The van der Waals surface area contributed by atoms with Crippen molar-refractivity contribution in [1.29, 1.82) is 0 Å². The van der Waals surface area contributed by atoms with Gasteiger partial charge in [0, 0.05) is 26.2 Å². The van der Waals surface area contributed by atoms with Gasteiger partial charge in [-0.1, -0.05) is 0 Å². The third-order valence-electron chi connectivity index (χ3n) is 3.19. The number of hydrogen-bond donors (Lipinski definition) is 6. The molecule has 0 aliphatic heterocycles. The predicted molar refractivity (Wildman–Crippen MR) is 80.8 cm³/mol. The number of aliphatic carboxylic acids is 4. The van der Waals surface area contributed by atoms with Crippen LogP contribution in [0.4, 0.5) is 0 Å². The molecule has 0 aromatic carbocycles. The number of carboxylic acid groups (broad SMARTS) is 4. The quantitative estimate of drug-likeness (QED) is 0.188. The highest BCUT2D eigenvalue weighted by Gasteiger charge is 2.29. The lowest BCUT2D eigenvalue weighted by molar-refractivity contribution is -0.150. The molecule has 0 aliphatic carbocycles. The lowest BCUT2D eigenvalue weighted by Gasteiger charge is -2.23. The van der Waals surface area contributed by atoms with Crippen molar-refractivity contribution >= 4 is 23.9 Å². The van der Waals surface area contributed by atoms with Gasteiger partial charge < -0.3 is 31.1 Å². The van der Waals surface area contributed by atoms with E-state index in [-0.39, 0.29) is 39.3 Å². The third-order valence-corrected chi connectivity index (χ3v) is 3.19. The van der Waals surface area contributed by atoms with E-state index < -0.39 is 35.8 Å². The maximum absolute atomic E-state index is 11.1. The van der Waals surface area contributed by atoms with Gasteiger partial charge in [-0.3, -0.25) is 24.1 Å². The van der Waals surface area contributed by atoms with Crippen molar-refractivity contribution in [2.24, 2.45) is 5.92 Å². The van der Waals surface area contributed by atoms with Gasteiger partial charge in [0.2, 0.25) is 0 Å². The summed E-state index contributed by atoms with van der Waals surface area (Å²) in [5.74, 6) is -5.82. The van der Waals surface area contributed by atoms with Crippen LogP contribution in [-0.4, -0.2) is 94.5 Å².